The first-order valence-corrected chi connectivity index (χ1v) is 12.0. The zero-order valence-corrected chi connectivity index (χ0v) is 21.2. The number of piperidine rings is 1. The molecule has 0 atom stereocenters. The molecule has 1 aliphatic heterocycles. The molecule has 0 saturated carbocycles. The number of nitrogens with two attached hydrogens (primary N) is 1. The summed E-state index contributed by atoms with van der Waals surface area (Å²) in [6.07, 6.45) is 3.16. The van der Waals surface area contributed by atoms with Crippen molar-refractivity contribution in [3.8, 4) is 0 Å². The molecule has 0 radical (unpaired) electrons. The van der Waals surface area contributed by atoms with Crippen LogP contribution in [0.25, 0.3) is 0 Å². The van der Waals surface area contributed by atoms with Gasteiger partial charge in [0.05, 0.1) is 18.2 Å². The second-order valence-electron chi connectivity index (χ2n) is 8.11. The van der Waals surface area contributed by atoms with Gasteiger partial charge in [-0.25, -0.2) is 4.98 Å². The lowest BCUT2D eigenvalue weighted by molar-refractivity contribution is -0.149. The molecule has 2 heterocycles. The molecule has 1 saturated heterocycles. The van der Waals surface area contributed by atoms with Crippen molar-refractivity contribution in [1.29, 1.82) is 5.41 Å². The van der Waals surface area contributed by atoms with Crippen molar-refractivity contribution < 1.29 is 14.3 Å². The van der Waals surface area contributed by atoms with Crippen LogP contribution in [0.4, 0.5) is 10.8 Å². The molecule has 2 aromatic rings. The standard InChI is InChI=1S/C23H32N6O3S.ClH/c1-3-32-21(31)17-10-12-29(13-11-17)14-20-19(28-23(33-20)26-15(2)30)9-6-16-4-7-18(8-5-16)27-22(24)25;/h4-5,7-8,17H,3,6,9-14H2,1-2H3,(H4,24,25,27)(H,26,28,30);1H. The normalized spacial score (nSPS) is 14.2. The third-order valence-corrected chi connectivity index (χ3v) is 6.52. The molecular formula is C23H33ClN6O3S. The highest BCUT2D eigenvalue weighted by Crippen LogP contribution is 2.28. The molecule has 1 aromatic carbocycles. The summed E-state index contributed by atoms with van der Waals surface area (Å²) in [4.78, 5) is 31.7. The molecule has 9 nitrogen and oxygen atoms in total. The summed E-state index contributed by atoms with van der Waals surface area (Å²) in [5.41, 5.74) is 8.29. The van der Waals surface area contributed by atoms with Crippen molar-refractivity contribution in [2.45, 2.75) is 46.1 Å². The highest BCUT2D eigenvalue weighted by atomic mass is 35.5. The summed E-state index contributed by atoms with van der Waals surface area (Å²) < 4.78 is 5.17. The number of thiazole rings is 1. The number of rotatable bonds is 9. The van der Waals surface area contributed by atoms with Crippen molar-refractivity contribution in [2.24, 2.45) is 11.7 Å². The summed E-state index contributed by atoms with van der Waals surface area (Å²) >= 11 is 1.52. The highest BCUT2D eigenvalue weighted by Gasteiger charge is 2.27. The Balaban J connectivity index is 0.00000408. The number of anilines is 2. The van der Waals surface area contributed by atoms with Crippen LogP contribution < -0.4 is 16.4 Å². The number of hydrogen-bond donors (Lipinski definition) is 4. The molecule has 1 aliphatic rings. The van der Waals surface area contributed by atoms with E-state index < -0.39 is 0 Å². The summed E-state index contributed by atoms with van der Waals surface area (Å²) in [7, 11) is 0. The Morgan fingerprint density at radius 1 is 1.21 bits per heavy atom. The molecule has 0 aliphatic carbocycles. The van der Waals surface area contributed by atoms with Crippen molar-refractivity contribution in [3.05, 3.63) is 40.4 Å². The Bertz CT molecular complexity index is 974. The van der Waals surface area contributed by atoms with Crippen LogP contribution in [-0.2, 0) is 33.7 Å². The number of guanidine groups is 1. The number of ether oxygens (including phenoxy) is 1. The fourth-order valence-electron chi connectivity index (χ4n) is 3.87. The fourth-order valence-corrected chi connectivity index (χ4v) is 4.97. The maximum Gasteiger partial charge on any atom is 0.309 e. The van der Waals surface area contributed by atoms with E-state index in [0.29, 0.717) is 11.7 Å². The Morgan fingerprint density at radius 3 is 2.47 bits per heavy atom. The number of benzene rings is 1. The van der Waals surface area contributed by atoms with Gasteiger partial charge in [-0.1, -0.05) is 12.1 Å². The number of carbonyl (C=O) groups excluding carboxylic acids is 2. The lowest BCUT2D eigenvalue weighted by atomic mass is 9.97. The molecule has 186 valence electrons. The molecule has 34 heavy (non-hydrogen) atoms. The second kappa shape index (κ2) is 13.3. The number of nitrogens with zero attached hydrogens (tertiary/aromatic N) is 2. The molecule has 3 rings (SSSR count). The number of halogens is 1. The minimum absolute atomic E-state index is 0. The van der Waals surface area contributed by atoms with Crippen molar-refractivity contribution in [3.63, 3.8) is 0 Å². The third-order valence-electron chi connectivity index (χ3n) is 5.52. The van der Waals surface area contributed by atoms with Gasteiger partial charge in [-0.15, -0.1) is 23.7 Å². The number of esters is 1. The molecule has 1 fully saturated rings. The van der Waals surface area contributed by atoms with Gasteiger partial charge in [0.1, 0.15) is 0 Å². The van der Waals surface area contributed by atoms with E-state index in [1.165, 1.54) is 18.3 Å². The lowest BCUT2D eigenvalue weighted by Gasteiger charge is -2.30. The van der Waals surface area contributed by atoms with Crippen LogP contribution in [0.5, 0.6) is 0 Å². The summed E-state index contributed by atoms with van der Waals surface area (Å²) in [5, 5.41) is 13.5. The van der Waals surface area contributed by atoms with E-state index >= 15 is 0 Å². The Labute approximate surface area is 210 Å². The number of hydrogen-bond acceptors (Lipinski definition) is 7. The number of amides is 1. The van der Waals surface area contributed by atoms with Crippen LogP contribution in [0.1, 0.15) is 42.8 Å². The molecular weight excluding hydrogens is 476 g/mol. The summed E-state index contributed by atoms with van der Waals surface area (Å²) in [6, 6.07) is 7.81. The van der Waals surface area contributed by atoms with E-state index in [9.17, 15) is 9.59 Å². The van der Waals surface area contributed by atoms with Gasteiger partial charge in [0.15, 0.2) is 11.1 Å². The minimum Gasteiger partial charge on any atom is -0.466 e. The lowest BCUT2D eigenvalue weighted by Crippen LogP contribution is -2.36. The Hall–Kier alpha value is -2.69. The molecule has 1 aromatic heterocycles. The number of likely N-dealkylation sites (tertiary alicyclic amines) is 1. The summed E-state index contributed by atoms with van der Waals surface area (Å²) in [5.74, 6) is -0.331. The molecule has 11 heteroatoms. The van der Waals surface area contributed by atoms with E-state index in [-0.39, 0.29) is 36.2 Å². The van der Waals surface area contributed by atoms with Crippen LogP contribution in [0.15, 0.2) is 24.3 Å². The maximum absolute atomic E-state index is 12.0. The number of carbonyl (C=O) groups is 2. The monoisotopic (exact) mass is 508 g/mol. The van der Waals surface area contributed by atoms with Crippen LogP contribution in [0.2, 0.25) is 0 Å². The number of aryl methyl sites for hydroxylation is 2. The molecule has 0 unspecified atom stereocenters. The topological polar surface area (TPSA) is 133 Å². The van der Waals surface area contributed by atoms with Gasteiger partial charge in [-0.2, -0.15) is 0 Å². The molecule has 1 amide bonds. The predicted octanol–water partition coefficient (Wildman–Crippen LogP) is 3.39. The largest absolute Gasteiger partial charge is 0.466 e. The third kappa shape index (κ3) is 8.27. The average Bonchev–Trinajstić information content (AvgIpc) is 3.13. The van der Waals surface area contributed by atoms with E-state index in [1.54, 1.807) is 0 Å². The first-order chi connectivity index (χ1) is 15.8. The SMILES string of the molecule is CCOC(=O)C1CCN(Cc2sc(NC(C)=O)nc2CCc2ccc(NC(=N)N)cc2)CC1.Cl. The highest BCUT2D eigenvalue weighted by molar-refractivity contribution is 7.15. The molecule has 0 spiro atoms. The van der Waals surface area contributed by atoms with E-state index in [2.05, 4.69) is 20.5 Å². The van der Waals surface area contributed by atoms with Gasteiger partial charge in [0.25, 0.3) is 0 Å². The van der Waals surface area contributed by atoms with Gasteiger partial charge in [-0.05, 0) is 63.4 Å². The van der Waals surface area contributed by atoms with Crippen LogP contribution in [0.3, 0.4) is 0 Å². The van der Waals surface area contributed by atoms with Gasteiger partial charge in [0, 0.05) is 24.0 Å². The first-order valence-electron chi connectivity index (χ1n) is 11.2. The smallest absolute Gasteiger partial charge is 0.309 e. The van der Waals surface area contributed by atoms with E-state index in [1.807, 2.05) is 31.2 Å². The second-order valence-corrected chi connectivity index (χ2v) is 9.19. The molecule has 5 N–H and O–H groups in total. The van der Waals surface area contributed by atoms with E-state index in [4.69, 9.17) is 15.9 Å². The van der Waals surface area contributed by atoms with Crippen LogP contribution in [-0.4, -0.2) is 47.4 Å². The average molecular weight is 509 g/mol. The van der Waals surface area contributed by atoms with Crippen molar-refractivity contribution in [1.82, 2.24) is 9.88 Å². The van der Waals surface area contributed by atoms with E-state index in [0.717, 1.165) is 67.1 Å². The van der Waals surface area contributed by atoms with Crippen molar-refractivity contribution >= 4 is 52.4 Å². The van der Waals surface area contributed by atoms with Gasteiger partial charge >= 0.3 is 5.97 Å². The zero-order chi connectivity index (χ0) is 23.8. The zero-order valence-electron chi connectivity index (χ0n) is 19.6. The fraction of sp³-hybridized carbons (Fsp3) is 0.478. The van der Waals surface area contributed by atoms with Crippen LogP contribution >= 0.6 is 23.7 Å². The number of aromatic nitrogens is 1. The maximum atomic E-state index is 12.0. The van der Waals surface area contributed by atoms with Gasteiger partial charge in [-0.3, -0.25) is 19.9 Å². The van der Waals surface area contributed by atoms with Gasteiger partial charge < -0.3 is 21.1 Å². The quantitative estimate of drug-likeness (QED) is 0.232. The minimum atomic E-state index is -0.134. The van der Waals surface area contributed by atoms with Crippen LogP contribution in [0, 0.1) is 11.3 Å². The van der Waals surface area contributed by atoms with Crippen molar-refractivity contribution in [2.75, 3.05) is 30.3 Å². The molecule has 0 bridgehead atoms. The predicted molar refractivity (Wildman–Crippen MR) is 138 cm³/mol. The summed E-state index contributed by atoms with van der Waals surface area (Å²) in [6.45, 7) is 6.16. The van der Waals surface area contributed by atoms with Gasteiger partial charge in [0.2, 0.25) is 5.91 Å². The Kier molecular flexibility index (Phi) is 10.7. The number of nitrogens with one attached hydrogen (secondary N) is 3. The Morgan fingerprint density at radius 2 is 1.88 bits per heavy atom. The first kappa shape index (κ1) is 27.6.